The van der Waals surface area contributed by atoms with Crippen LogP contribution in [0.5, 0.6) is 11.5 Å². The van der Waals surface area contributed by atoms with Gasteiger partial charge in [0.1, 0.15) is 23.1 Å². The molecule has 2 amide bonds. The topological polar surface area (TPSA) is 95.1 Å². The first-order chi connectivity index (χ1) is 17.9. The quantitative estimate of drug-likeness (QED) is 0.404. The molecule has 10 nitrogen and oxygen atoms in total. The Hall–Kier alpha value is -3.63. The normalized spacial score (nSPS) is 14.1. The number of amides is 2. The Morgan fingerprint density at radius 3 is 2.38 bits per heavy atom. The first-order valence-corrected chi connectivity index (χ1v) is 12.6. The number of para-hydroxylation sites is 1. The van der Waals surface area contributed by atoms with Crippen molar-refractivity contribution in [2.24, 2.45) is 0 Å². The van der Waals surface area contributed by atoms with Crippen molar-refractivity contribution in [2.75, 3.05) is 78.2 Å². The van der Waals surface area contributed by atoms with Crippen molar-refractivity contribution in [3.8, 4) is 11.5 Å². The number of hydrogen-bond acceptors (Lipinski definition) is 8. The van der Waals surface area contributed by atoms with Crippen LogP contribution in [0.2, 0.25) is 0 Å². The SMILES string of the molecule is COc1cc(NC(=O)N2CCN(Cc3nc(NCCCN(C)C)c4ccccc4n3)CC2)cc(OC)c1. The largest absolute Gasteiger partial charge is 0.497 e. The number of carbonyl (C=O) groups excluding carboxylic acids is 1. The van der Waals surface area contributed by atoms with Crippen molar-refractivity contribution in [2.45, 2.75) is 13.0 Å². The number of nitrogens with zero attached hydrogens (tertiary/aromatic N) is 5. The van der Waals surface area contributed by atoms with Crippen molar-refractivity contribution in [3.05, 3.63) is 48.3 Å². The molecule has 10 heteroatoms. The maximum Gasteiger partial charge on any atom is 0.321 e. The molecule has 198 valence electrons. The van der Waals surface area contributed by atoms with Crippen molar-refractivity contribution in [1.82, 2.24) is 24.7 Å². The second kappa shape index (κ2) is 12.6. The molecule has 1 aromatic heterocycles. The monoisotopic (exact) mass is 507 g/mol. The summed E-state index contributed by atoms with van der Waals surface area (Å²) in [7, 11) is 7.33. The number of piperazine rings is 1. The molecule has 0 spiro atoms. The Morgan fingerprint density at radius 2 is 1.70 bits per heavy atom. The van der Waals surface area contributed by atoms with Gasteiger partial charge in [0.2, 0.25) is 0 Å². The number of ether oxygens (including phenoxy) is 2. The van der Waals surface area contributed by atoms with Crippen LogP contribution in [0.25, 0.3) is 10.9 Å². The highest BCUT2D eigenvalue weighted by atomic mass is 16.5. The third kappa shape index (κ3) is 7.21. The molecule has 0 bridgehead atoms. The summed E-state index contributed by atoms with van der Waals surface area (Å²) in [5.74, 6) is 2.92. The summed E-state index contributed by atoms with van der Waals surface area (Å²) < 4.78 is 10.6. The fraction of sp³-hybridized carbons (Fsp3) is 0.444. The second-order valence-corrected chi connectivity index (χ2v) is 9.38. The van der Waals surface area contributed by atoms with E-state index in [4.69, 9.17) is 19.4 Å². The highest BCUT2D eigenvalue weighted by molar-refractivity contribution is 5.90. The Labute approximate surface area is 218 Å². The minimum atomic E-state index is -0.138. The van der Waals surface area contributed by atoms with E-state index in [-0.39, 0.29) is 6.03 Å². The molecule has 2 aromatic carbocycles. The van der Waals surface area contributed by atoms with Crippen molar-refractivity contribution >= 4 is 28.4 Å². The lowest BCUT2D eigenvalue weighted by Crippen LogP contribution is -2.49. The van der Waals surface area contributed by atoms with Gasteiger partial charge in [-0.05, 0) is 39.2 Å². The zero-order valence-corrected chi connectivity index (χ0v) is 22.2. The number of fused-ring (bicyclic) bond motifs is 1. The van der Waals surface area contributed by atoms with Gasteiger partial charge >= 0.3 is 6.03 Å². The average molecular weight is 508 g/mol. The Balaban J connectivity index is 1.35. The number of anilines is 2. The van der Waals surface area contributed by atoms with Gasteiger partial charge in [-0.25, -0.2) is 14.8 Å². The molecule has 2 N–H and O–H groups in total. The first kappa shape index (κ1) is 26.4. The molecule has 0 saturated carbocycles. The van der Waals surface area contributed by atoms with Crippen molar-refractivity contribution in [3.63, 3.8) is 0 Å². The molecule has 37 heavy (non-hydrogen) atoms. The fourth-order valence-electron chi connectivity index (χ4n) is 4.32. The molecule has 0 aliphatic carbocycles. The second-order valence-electron chi connectivity index (χ2n) is 9.38. The number of aromatic nitrogens is 2. The highest BCUT2D eigenvalue weighted by Crippen LogP contribution is 2.26. The molecular weight excluding hydrogens is 470 g/mol. The van der Waals surface area contributed by atoms with Crippen LogP contribution in [0.4, 0.5) is 16.3 Å². The van der Waals surface area contributed by atoms with Gasteiger partial charge in [0.25, 0.3) is 0 Å². The maximum absolute atomic E-state index is 12.9. The Morgan fingerprint density at radius 1 is 1.00 bits per heavy atom. The van der Waals surface area contributed by atoms with Gasteiger partial charge in [0.05, 0.1) is 26.3 Å². The van der Waals surface area contributed by atoms with E-state index in [9.17, 15) is 4.79 Å². The minimum absolute atomic E-state index is 0.138. The van der Waals surface area contributed by atoms with Crippen LogP contribution >= 0.6 is 0 Å². The van der Waals surface area contributed by atoms with E-state index in [2.05, 4.69) is 40.6 Å². The van der Waals surface area contributed by atoms with Gasteiger partial charge in [-0.1, -0.05) is 12.1 Å². The van der Waals surface area contributed by atoms with Crippen LogP contribution < -0.4 is 20.1 Å². The molecular formula is C27H37N7O3. The summed E-state index contributed by atoms with van der Waals surface area (Å²) in [5, 5.41) is 7.50. The van der Waals surface area contributed by atoms with E-state index in [0.29, 0.717) is 36.8 Å². The zero-order valence-electron chi connectivity index (χ0n) is 22.2. The lowest BCUT2D eigenvalue weighted by molar-refractivity contribution is 0.141. The van der Waals surface area contributed by atoms with Crippen LogP contribution in [0.1, 0.15) is 12.2 Å². The maximum atomic E-state index is 12.9. The number of methoxy groups -OCH3 is 2. The van der Waals surface area contributed by atoms with Gasteiger partial charge in [0.15, 0.2) is 0 Å². The van der Waals surface area contributed by atoms with E-state index >= 15 is 0 Å². The van der Waals surface area contributed by atoms with E-state index in [0.717, 1.165) is 55.1 Å². The Bertz CT molecular complexity index is 1170. The van der Waals surface area contributed by atoms with E-state index in [1.165, 1.54) is 0 Å². The predicted molar refractivity (Wildman–Crippen MR) is 147 cm³/mol. The molecule has 3 aromatic rings. The molecule has 0 unspecified atom stereocenters. The highest BCUT2D eigenvalue weighted by Gasteiger charge is 2.22. The van der Waals surface area contributed by atoms with E-state index in [1.54, 1.807) is 32.4 Å². The van der Waals surface area contributed by atoms with Crippen LogP contribution in [-0.4, -0.2) is 98.3 Å². The van der Waals surface area contributed by atoms with Crippen LogP contribution in [0.15, 0.2) is 42.5 Å². The van der Waals surface area contributed by atoms with Crippen molar-refractivity contribution < 1.29 is 14.3 Å². The lowest BCUT2D eigenvalue weighted by Gasteiger charge is -2.34. The van der Waals surface area contributed by atoms with Gasteiger partial charge < -0.3 is 29.9 Å². The molecule has 1 aliphatic rings. The summed E-state index contributed by atoms with van der Waals surface area (Å²) in [4.78, 5) is 28.8. The first-order valence-electron chi connectivity index (χ1n) is 12.6. The fourth-order valence-corrected chi connectivity index (χ4v) is 4.32. The van der Waals surface area contributed by atoms with Crippen molar-refractivity contribution in [1.29, 1.82) is 0 Å². The summed E-state index contributed by atoms with van der Waals surface area (Å²) in [6, 6.07) is 13.3. The third-order valence-corrected chi connectivity index (χ3v) is 6.35. The standard InChI is InChI=1S/C27H37N7O3/c1-32(2)11-7-10-28-26-23-8-5-6-9-24(23)30-25(31-26)19-33-12-14-34(15-13-33)27(35)29-20-16-21(36-3)18-22(17-20)37-4/h5-6,8-9,16-18H,7,10-15,19H2,1-4H3,(H,29,35)(H,28,30,31). The van der Waals surface area contributed by atoms with Crippen LogP contribution in [-0.2, 0) is 6.54 Å². The number of carbonyl (C=O) groups is 1. The summed E-state index contributed by atoms with van der Waals surface area (Å²) in [6.07, 6.45) is 1.03. The molecule has 0 radical (unpaired) electrons. The predicted octanol–water partition coefficient (Wildman–Crippen LogP) is 3.36. The number of rotatable bonds is 10. The number of nitrogens with one attached hydrogen (secondary N) is 2. The van der Waals surface area contributed by atoms with Gasteiger partial charge in [-0.15, -0.1) is 0 Å². The third-order valence-electron chi connectivity index (χ3n) is 6.35. The summed E-state index contributed by atoms with van der Waals surface area (Å²) in [5.41, 5.74) is 1.58. The van der Waals surface area contributed by atoms with Gasteiger partial charge in [-0.2, -0.15) is 0 Å². The molecule has 1 saturated heterocycles. The lowest BCUT2D eigenvalue weighted by atomic mass is 10.2. The molecule has 1 aliphatic heterocycles. The van der Waals surface area contributed by atoms with E-state index in [1.807, 2.05) is 23.1 Å². The smallest absolute Gasteiger partial charge is 0.321 e. The average Bonchev–Trinajstić information content (AvgIpc) is 2.91. The molecule has 4 rings (SSSR count). The summed E-state index contributed by atoms with van der Waals surface area (Å²) in [6.45, 7) is 5.25. The van der Waals surface area contributed by atoms with Gasteiger partial charge in [-0.3, -0.25) is 4.90 Å². The number of benzene rings is 2. The molecule has 0 atom stereocenters. The Kier molecular flexibility index (Phi) is 8.97. The zero-order chi connectivity index (χ0) is 26.2. The van der Waals surface area contributed by atoms with Crippen LogP contribution in [0.3, 0.4) is 0 Å². The number of urea groups is 1. The van der Waals surface area contributed by atoms with Crippen LogP contribution in [0, 0.1) is 0 Å². The summed E-state index contributed by atoms with van der Waals surface area (Å²) >= 11 is 0. The number of hydrogen-bond donors (Lipinski definition) is 2. The molecule has 2 heterocycles. The van der Waals surface area contributed by atoms with E-state index < -0.39 is 0 Å². The minimum Gasteiger partial charge on any atom is -0.497 e. The van der Waals surface area contributed by atoms with Gasteiger partial charge in [0, 0.05) is 62.0 Å². The molecule has 1 fully saturated rings.